The van der Waals surface area contributed by atoms with Gasteiger partial charge in [-0.3, -0.25) is 14.4 Å². The average Bonchev–Trinajstić information content (AvgIpc) is 3.64. The first kappa shape index (κ1) is 24.7. The second-order valence-electron chi connectivity index (χ2n) is 8.43. The molecule has 39 heavy (non-hydrogen) atoms. The molecule has 3 amide bonds. The van der Waals surface area contributed by atoms with Crippen LogP contribution in [0.5, 0.6) is 0 Å². The predicted molar refractivity (Wildman–Crippen MR) is 147 cm³/mol. The van der Waals surface area contributed by atoms with Gasteiger partial charge in [-0.15, -0.1) is 11.3 Å². The number of nitrogens with zero attached hydrogens (tertiary/aromatic N) is 3. The maximum absolute atomic E-state index is 12.8. The van der Waals surface area contributed by atoms with E-state index < -0.39 is 12.0 Å². The Labute approximate surface area is 229 Å². The summed E-state index contributed by atoms with van der Waals surface area (Å²) in [5, 5.41) is 14.5. The fourth-order valence-corrected chi connectivity index (χ4v) is 6.05. The molecule has 3 aromatic carbocycles. The lowest BCUT2D eigenvalue weighted by Crippen LogP contribution is -2.29. The number of carbonyl (C=O) groups excluding carboxylic acids is 3. The van der Waals surface area contributed by atoms with Crippen molar-refractivity contribution in [3.05, 3.63) is 107 Å². The number of hydrogen-bond donors (Lipinski definition) is 2. The fraction of sp³-hybridized carbons (Fsp3) is 0.0357. The molecule has 0 radical (unpaired) electrons. The van der Waals surface area contributed by atoms with Gasteiger partial charge in [0.25, 0.3) is 17.7 Å². The minimum atomic E-state index is -1.33. The lowest BCUT2D eigenvalue weighted by molar-refractivity contribution is -0.129. The number of thiazole rings is 1. The molecular weight excluding hydrogens is 536 g/mol. The molecular formula is C28H18N4O5S2. The summed E-state index contributed by atoms with van der Waals surface area (Å²) in [5.74, 6) is -0.941. The van der Waals surface area contributed by atoms with E-state index in [1.807, 2.05) is 0 Å². The lowest BCUT2D eigenvalue weighted by atomic mass is 10.1. The number of aromatic nitrogens is 1. The van der Waals surface area contributed by atoms with E-state index in [4.69, 9.17) is 4.42 Å². The van der Waals surface area contributed by atoms with Gasteiger partial charge in [-0.25, -0.2) is 15.3 Å². The molecule has 1 atom stereocenters. The van der Waals surface area contributed by atoms with Crippen molar-refractivity contribution in [3.8, 4) is 0 Å². The van der Waals surface area contributed by atoms with Crippen LogP contribution in [0.3, 0.4) is 0 Å². The Morgan fingerprint density at radius 2 is 1.72 bits per heavy atom. The van der Waals surface area contributed by atoms with Crippen LogP contribution in [0.15, 0.2) is 104 Å². The molecule has 2 N–H and O–H groups in total. The number of imide groups is 1. The van der Waals surface area contributed by atoms with Crippen LogP contribution in [0, 0.1) is 0 Å². The zero-order valence-electron chi connectivity index (χ0n) is 20.0. The number of aliphatic hydroxyl groups is 1. The predicted octanol–water partition coefficient (Wildman–Crippen LogP) is 5.02. The zero-order chi connectivity index (χ0) is 26.9. The van der Waals surface area contributed by atoms with Gasteiger partial charge in [0.05, 0.1) is 33.2 Å². The molecule has 0 saturated carbocycles. The number of hydrogen-bond acceptors (Lipinski definition) is 9. The second-order valence-corrected chi connectivity index (χ2v) is 10.7. The number of carbonyl (C=O) groups is 3. The van der Waals surface area contributed by atoms with Crippen LogP contribution in [-0.2, 0) is 4.79 Å². The van der Waals surface area contributed by atoms with Gasteiger partial charge in [-0.1, -0.05) is 42.5 Å². The van der Waals surface area contributed by atoms with Gasteiger partial charge in [0, 0.05) is 0 Å². The molecule has 0 spiro atoms. The van der Waals surface area contributed by atoms with Gasteiger partial charge >= 0.3 is 0 Å². The third kappa shape index (κ3) is 4.86. The van der Waals surface area contributed by atoms with Gasteiger partial charge in [0.2, 0.25) is 0 Å². The van der Waals surface area contributed by atoms with Gasteiger partial charge in [-0.05, 0) is 59.8 Å². The average molecular weight is 555 g/mol. The Balaban J connectivity index is 1.12. The third-order valence-corrected chi connectivity index (χ3v) is 7.92. The summed E-state index contributed by atoms with van der Waals surface area (Å²) in [6.45, 7) is 0. The number of hydrazone groups is 1. The van der Waals surface area contributed by atoms with Gasteiger partial charge in [0.1, 0.15) is 5.76 Å². The molecule has 0 saturated heterocycles. The highest BCUT2D eigenvalue weighted by Crippen LogP contribution is 2.37. The normalized spacial score (nSPS) is 13.8. The first-order valence-electron chi connectivity index (χ1n) is 11.7. The quantitative estimate of drug-likeness (QED) is 0.164. The Bertz CT molecular complexity index is 1730. The van der Waals surface area contributed by atoms with Crippen LogP contribution in [0.4, 0.5) is 5.69 Å². The molecule has 0 bridgehead atoms. The van der Waals surface area contributed by atoms with Crippen LogP contribution in [0.1, 0.15) is 38.1 Å². The fourth-order valence-electron chi connectivity index (χ4n) is 4.05. The molecule has 2 aromatic heterocycles. The van der Waals surface area contributed by atoms with Crippen LogP contribution < -0.4 is 10.3 Å². The van der Waals surface area contributed by atoms with Gasteiger partial charge in [0.15, 0.2) is 15.5 Å². The van der Waals surface area contributed by atoms with E-state index in [-0.39, 0.29) is 11.8 Å². The van der Waals surface area contributed by atoms with Crippen LogP contribution in [0.2, 0.25) is 0 Å². The number of benzene rings is 3. The van der Waals surface area contributed by atoms with Crippen molar-refractivity contribution in [2.45, 2.75) is 15.5 Å². The van der Waals surface area contributed by atoms with Crippen molar-refractivity contribution >= 4 is 62.9 Å². The standard InChI is InChI=1S/C28H18N4O5S2/c33-24(16-6-2-1-3-7-16)25(34)31-29-15-18-11-13-23(37-18)39-28-30-21-12-10-17(14-22(21)38-28)32-26(35)19-8-4-5-9-20(19)27(32)36/h1-15,24,33H,(H,31,34)/b29-15+/t24-/m1/s1. The summed E-state index contributed by atoms with van der Waals surface area (Å²) < 4.78 is 7.28. The van der Waals surface area contributed by atoms with Crippen LogP contribution in [-0.4, -0.2) is 34.0 Å². The molecule has 0 aliphatic carbocycles. The number of fused-ring (bicyclic) bond motifs is 2. The summed E-state index contributed by atoms with van der Waals surface area (Å²) in [6.07, 6.45) is 0.00878. The SMILES string of the molecule is O=C(N/N=C/c1ccc(Sc2nc3ccc(N4C(=O)c5ccccc5C4=O)cc3s2)o1)[C@H](O)c1ccccc1. The molecule has 3 heterocycles. The Morgan fingerprint density at radius 1 is 1.00 bits per heavy atom. The molecule has 9 nitrogen and oxygen atoms in total. The number of furan rings is 1. The largest absolute Gasteiger partial charge is 0.448 e. The van der Waals surface area contributed by atoms with Crippen molar-refractivity contribution in [2.24, 2.45) is 5.10 Å². The van der Waals surface area contributed by atoms with E-state index in [0.29, 0.717) is 37.6 Å². The molecule has 1 aliphatic rings. The monoisotopic (exact) mass is 554 g/mol. The maximum Gasteiger partial charge on any atom is 0.273 e. The van der Waals surface area contributed by atoms with Gasteiger partial charge in [-0.2, -0.15) is 5.10 Å². The summed E-state index contributed by atoms with van der Waals surface area (Å²) in [4.78, 5) is 43.6. The van der Waals surface area contributed by atoms with E-state index >= 15 is 0 Å². The highest BCUT2D eigenvalue weighted by atomic mass is 32.2. The number of amides is 3. The Kier molecular flexibility index (Phi) is 6.53. The molecule has 11 heteroatoms. The van der Waals surface area contributed by atoms with Crippen LogP contribution >= 0.6 is 23.1 Å². The summed E-state index contributed by atoms with van der Waals surface area (Å²) in [6, 6.07) is 24.1. The molecule has 0 unspecified atom stereocenters. The minimum absolute atomic E-state index is 0.343. The van der Waals surface area contributed by atoms with E-state index in [1.54, 1.807) is 84.9 Å². The Hall–Kier alpha value is -4.58. The highest BCUT2D eigenvalue weighted by molar-refractivity contribution is 8.01. The van der Waals surface area contributed by atoms with E-state index in [0.717, 1.165) is 10.2 Å². The van der Waals surface area contributed by atoms with E-state index in [9.17, 15) is 19.5 Å². The van der Waals surface area contributed by atoms with Crippen molar-refractivity contribution in [2.75, 3.05) is 4.90 Å². The van der Waals surface area contributed by atoms with Crippen molar-refractivity contribution in [3.63, 3.8) is 0 Å². The first-order valence-corrected chi connectivity index (χ1v) is 13.3. The van der Waals surface area contributed by atoms with Crippen molar-refractivity contribution in [1.82, 2.24) is 10.4 Å². The first-order chi connectivity index (χ1) is 19.0. The smallest absolute Gasteiger partial charge is 0.273 e. The van der Waals surface area contributed by atoms with Crippen molar-refractivity contribution in [1.29, 1.82) is 0 Å². The van der Waals surface area contributed by atoms with Gasteiger partial charge < -0.3 is 9.52 Å². The van der Waals surface area contributed by atoms with E-state index in [2.05, 4.69) is 15.5 Å². The highest BCUT2D eigenvalue weighted by Gasteiger charge is 2.36. The third-order valence-electron chi connectivity index (χ3n) is 5.92. The second kappa shape index (κ2) is 10.3. The summed E-state index contributed by atoms with van der Waals surface area (Å²) >= 11 is 2.72. The summed E-state index contributed by atoms with van der Waals surface area (Å²) in [5.41, 5.74) is 4.78. The maximum atomic E-state index is 12.8. The number of aliphatic hydroxyl groups excluding tert-OH is 1. The molecule has 1 aliphatic heterocycles. The number of rotatable bonds is 7. The van der Waals surface area contributed by atoms with E-state index in [1.165, 1.54) is 34.2 Å². The number of anilines is 1. The van der Waals surface area contributed by atoms with Crippen molar-refractivity contribution < 1.29 is 23.9 Å². The van der Waals surface area contributed by atoms with Crippen LogP contribution in [0.25, 0.3) is 10.2 Å². The zero-order valence-corrected chi connectivity index (χ0v) is 21.6. The minimum Gasteiger partial charge on any atom is -0.448 e. The summed E-state index contributed by atoms with van der Waals surface area (Å²) in [7, 11) is 0. The molecule has 192 valence electrons. The topological polar surface area (TPSA) is 125 Å². The number of nitrogens with one attached hydrogen (secondary N) is 1. The molecule has 0 fully saturated rings. The Morgan fingerprint density at radius 3 is 2.46 bits per heavy atom. The lowest BCUT2D eigenvalue weighted by Gasteiger charge is -2.13. The molecule has 6 rings (SSSR count). The molecule has 5 aromatic rings.